The lowest BCUT2D eigenvalue weighted by Gasteiger charge is -2.34. The standard InChI is InChI=1S/C20H25N3.C19H23N3/c1-14-12-17-6-5-16-4-3-9-21-19(16)18(20(17)22-13-14)15-7-10-23(2)11-8-15;1-22-12-8-14(9-13-22)17-18-15(4-2-10-20-18)6-7-16-5-3-11-21-19(16)17/h3-4,9,12-13,15,18H,5-8,10-11H2,1-2H3;2-5,10-11,14,17H,6-9,12-13H2,1H3. The Bertz CT molecular complexity index is 1550. The average Bonchev–Trinajstić information content (AvgIpc) is 3.34. The number of fused-ring (bicyclic) bond motifs is 4. The highest BCUT2D eigenvalue weighted by molar-refractivity contribution is 5.41. The number of aromatic nitrogens is 4. The monoisotopic (exact) mass is 600 g/mol. The molecule has 1 atom stereocenters. The minimum atomic E-state index is 0.373. The number of likely N-dealkylation sites (tertiary alicyclic amines) is 2. The molecule has 6 nitrogen and oxygen atoms in total. The van der Waals surface area contributed by atoms with E-state index in [2.05, 4.69) is 73.3 Å². The third kappa shape index (κ3) is 6.45. The maximum Gasteiger partial charge on any atom is 0.0529 e. The zero-order valence-corrected chi connectivity index (χ0v) is 27.3. The SMILES string of the molecule is CN1CCC(C2c3ncccc3CCc3cccnc32)CC1.Cc1cnc2c(c1)CCc1cccnc1C2C1CCN(C)CC1. The number of hydrogen-bond donors (Lipinski definition) is 0. The van der Waals surface area contributed by atoms with Crippen molar-refractivity contribution in [3.05, 3.63) is 118 Å². The Morgan fingerprint density at radius 1 is 0.533 bits per heavy atom. The molecule has 2 fully saturated rings. The van der Waals surface area contributed by atoms with Crippen molar-refractivity contribution in [1.29, 1.82) is 0 Å². The van der Waals surface area contributed by atoms with E-state index in [0.717, 1.165) is 25.7 Å². The summed E-state index contributed by atoms with van der Waals surface area (Å²) in [5.41, 5.74) is 12.1. The highest BCUT2D eigenvalue weighted by atomic mass is 15.1. The first-order chi connectivity index (χ1) is 22.0. The van der Waals surface area contributed by atoms with Crippen LogP contribution in [0.5, 0.6) is 0 Å². The van der Waals surface area contributed by atoms with E-state index in [-0.39, 0.29) is 0 Å². The fourth-order valence-electron chi connectivity index (χ4n) is 8.36. The largest absolute Gasteiger partial charge is 0.306 e. The second-order valence-corrected chi connectivity index (χ2v) is 13.9. The molecule has 0 saturated carbocycles. The molecule has 0 radical (unpaired) electrons. The van der Waals surface area contributed by atoms with Crippen LogP contribution in [0, 0.1) is 18.8 Å². The molecule has 0 bridgehead atoms. The Morgan fingerprint density at radius 2 is 0.911 bits per heavy atom. The van der Waals surface area contributed by atoms with Crippen LogP contribution < -0.4 is 0 Å². The molecule has 8 rings (SSSR count). The van der Waals surface area contributed by atoms with E-state index >= 15 is 0 Å². The smallest absolute Gasteiger partial charge is 0.0529 e. The Labute approximate surface area is 269 Å². The number of nitrogens with zero attached hydrogens (tertiary/aromatic N) is 6. The fraction of sp³-hybridized carbons (Fsp3) is 0.487. The topological polar surface area (TPSA) is 58.0 Å². The van der Waals surface area contributed by atoms with Gasteiger partial charge in [-0.25, -0.2) is 0 Å². The normalized spacial score (nSPS) is 21.3. The van der Waals surface area contributed by atoms with Gasteiger partial charge in [-0.3, -0.25) is 19.9 Å². The van der Waals surface area contributed by atoms with Crippen molar-refractivity contribution in [3.63, 3.8) is 0 Å². The van der Waals surface area contributed by atoms with Gasteiger partial charge in [-0.2, -0.15) is 0 Å². The third-order valence-corrected chi connectivity index (χ3v) is 10.9. The van der Waals surface area contributed by atoms with Gasteiger partial charge in [0.25, 0.3) is 0 Å². The number of hydrogen-bond acceptors (Lipinski definition) is 6. The maximum atomic E-state index is 4.90. The second kappa shape index (κ2) is 13.5. The van der Waals surface area contributed by atoms with Gasteiger partial charge >= 0.3 is 0 Å². The molecule has 2 aliphatic carbocycles. The van der Waals surface area contributed by atoms with Crippen molar-refractivity contribution in [2.75, 3.05) is 40.3 Å². The molecule has 6 heteroatoms. The van der Waals surface area contributed by atoms with Crippen LogP contribution in [0.1, 0.15) is 88.1 Å². The van der Waals surface area contributed by atoms with Crippen molar-refractivity contribution < 1.29 is 0 Å². The molecule has 0 amide bonds. The molecule has 2 saturated heterocycles. The Kier molecular flexibility index (Phi) is 9.04. The predicted molar refractivity (Wildman–Crippen MR) is 181 cm³/mol. The summed E-state index contributed by atoms with van der Waals surface area (Å²) in [5.74, 6) is 2.07. The minimum absolute atomic E-state index is 0.373. The molecular weight excluding hydrogens is 552 g/mol. The van der Waals surface area contributed by atoms with Crippen molar-refractivity contribution >= 4 is 0 Å². The van der Waals surface area contributed by atoms with E-state index < -0.39 is 0 Å². The van der Waals surface area contributed by atoms with Crippen LogP contribution in [-0.2, 0) is 25.7 Å². The van der Waals surface area contributed by atoms with E-state index in [0.29, 0.717) is 23.7 Å². The molecule has 0 aromatic carbocycles. The summed E-state index contributed by atoms with van der Waals surface area (Å²) < 4.78 is 0. The van der Waals surface area contributed by atoms with E-state index in [9.17, 15) is 0 Å². The maximum absolute atomic E-state index is 4.90. The minimum Gasteiger partial charge on any atom is -0.306 e. The first-order valence-corrected chi connectivity index (χ1v) is 17.2. The lowest BCUT2D eigenvalue weighted by molar-refractivity contribution is 0.205. The van der Waals surface area contributed by atoms with Gasteiger partial charge in [-0.05, 0) is 156 Å². The van der Waals surface area contributed by atoms with Gasteiger partial charge < -0.3 is 9.80 Å². The molecule has 0 spiro atoms. The molecule has 4 aromatic heterocycles. The van der Waals surface area contributed by atoms with Crippen LogP contribution in [0.4, 0.5) is 0 Å². The Hall–Kier alpha value is -3.48. The Morgan fingerprint density at radius 3 is 1.33 bits per heavy atom. The number of rotatable bonds is 2. The molecule has 0 N–H and O–H groups in total. The summed E-state index contributed by atoms with van der Waals surface area (Å²) in [4.78, 5) is 24.2. The van der Waals surface area contributed by atoms with Crippen LogP contribution in [-0.4, -0.2) is 70.0 Å². The van der Waals surface area contributed by atoms with E-state index in [1.807, 2.05) is 24.8 Å². The lowest BCUT2D eigenvalue weighted by atomic mass is 9.78. The fourth-order valence-corrected chi connectivity index (χ4v) is 8.36. The van der Waals surface area contributed by atoms with E-state index in [1.54, 1.807) is 0 Å². The quantitative estimate of drug-likeness (QED) is 0.265. The van der Waals surface area contributed by atoms with Gasteiger partial charge in [0.1, 0.15) is 0 Å². The van der Waals surface area contributed by atoms with Gasteiger partial charge in [-0.1, -0.05) is 24.3 Å². The summed E-state index contributed by atoms with van der Waals surface area (Å²) in [7, 11) is 4.45. The molecule has 45 heavy (non-hydrogen) atoms. The molecule has 2 aliphatic heterocycles. The number of piperidine rings is 2. The molecule has 1 unspecified atom stereocenters. The summed E-state index contributed by atoms with van der Waals surface area (Å²) in [6.45, 7) is 6.89. The predicted octanol–water partition coefficient (Wildman–Crippen LogP) is 6.41. The summed E-state index contributed by atoms with van der Waals surface area (Å²) in [6, 6.07) is 15.4. The van der Waals surface area contributed by atoms with Gasteiger partial charge in [0.05, 0.1) is 22.8 Å². The van der Waals surface area contributed by atoms with Crippen LogP contribution in [0.25, 0.3) is 0 Å². The molecule has 234 valence electrons. The van der Waals surface area contributed by atoms with Crippen molar-refractivity contribution in [2.45, 2.75) is 70.1 Å². The number of pyridine rings is 4. The zero-order valence-electron chi connectivity index (χ0n) is 27.3. The van der Waals surface area contributed by atoms with Crippen LogP contribution in [0.15, 0.2) is 67.3 Å². The van der Waals surface area contributed by atoms with Gasteiger partial charge in [0, 0.05) is 36.6 Å². The van der Waals surface area contributed by atoms with Crippen LogP contribution >= 0.6 is 0 Å². The van der Waals surface area contributed by atoms with Gasteiger partial charge in [-0.15, -0.1) is 0 Å². The summed E-state index contributed by atoms with van der Waals surface area (Å²) in [5, 5.41) is 0. The highest BCUT2D eigenvalue weighted by Crippen LogP contribution is 2.42. The summed E-state index contributed by atoms with van der Waals surface area (Å²) in [6.07, 6.45) is 17.2. The zero-order chi connectivity index (χ0) is 30.8. The van der Waals surface area contributed by atoms with Gasteiger partial charge in [0.15, 0.2) is 0 Å². The second-order valence-electron chi connectivity index (χ2n) is 13.9. The van der Waals surface area contributed by atoms with Crippen LogP contribution in [0.2, 0.25) is 0 Å². The molecule has 4 aliphatic rings. The van der Waals surface area contributed by atoms with Crippen molar-refractivity contribution in [3.8, 4) is 0 Å². The van der Waals surface area contributed by atoms with Gasteiger partial charge in [0.2, 0.25) is 0 Å². The summed E-state index contributed by atoms with van der Waals surface area (Å²) >= 11 is 0. The molecule has 4 aromatic rings. The van der Waals surface area contributed by atoms with Crippen LogP contribution in [0.3, 0.4) is 0 Å². The number of aryl methyl sites for hydroxylation is 5. The van der Waals surface area contributed by atoms with Crippen molar-refractivity contribution in [1.82, 2.24) is 29.7 Å². The van der Waals surface area contributed by atoms with Crippen molar-refractivity contribution in [2.24, 2.45) is 11.8 Å². The van der Waals surface area contributed by atoms with E-state index in [1.165, 1.54) is 102 Å². The lowest BCUT2D eigenvalue weighted by Crippen LogP contribution is -2.33. The highest BCUT2D eigenvalue weighted by Gasteiger charge is 2.35. The third-order valence-electron chi connectivity index (χ3n) is 10.9. The van der Waals surface area contributed by atoms with E-state index in [4.69, 9.17) is 19.9 Å². The molecular formula is C39H48N6. The Balaban J connectivity index is 0.000000145. The first-order valence-electron chi connectivity index (χ1n) is 17.2. The average molecular weight is 601 g/mol. The first kappa shape index (κ1) is 30.2. The molecule has 6 heterocycles.